The van der Waals surface area contributed by atoms with Crippen LogP contribution in [0.1, 0.15) is 26.3 Å². The summed E-state index contributed by atoms with van der Waals surface area (Å²) >= 11 is 0. The van der Waals surface area contributed by atoms with E-state index in [9.17, 15) is 9.18 Å². The zero-order valence-electron chi connectivity index (χ0n) is 9.63. The molecule has 0 aliphatic rings. The number of carbonyl (C=O) groups is 1. The predicted molar refractivity (Wildman–Crippen MR) is 58.3 cm³/mol. The topological polar surface area (TPSA) is 38.3 Å². The Morgan fingerprint density at radius 3 is 2.81 bits per heavy atom. The molecule has 0 atom stereocenters. The van der Waals surface area contributed by atoms with Gasteiger partial charge in [-0.05, 0) is 44.5 Å². The summed E-state index contributed by atoms with van der Waals surface area (Å²) in [5.74, 6) is -0.347. The standard InChI is InChI=1S/C12H15FNO2/c1-12(2,3)16-11(15)14-8-9-5-4-6-10(13)7-9/h4,6-7H,8H2,1-3H3,(H,14,15). The minimum atomic E-state index is -0.532. The largest absolute Gasteiger partial charge is 0.444 e. The number of carbonyl (C=O) groups excluding carboxylic acids is 1. The Labute approximate surface area is 94.6 Å². The minimum Gasteiger partial charge on any atom is -0.444 e. The van der Waals surface area contributed by atoms with E-state index in [-0.39, 0.29) is 12.4 Å². The lowest BCUT2D eigenvalue weighted by Gasteiger charge is -2.19. The van der Waals surface area contributed by atoms with Crippen LogP contribution in [0.3, 0.4) is 0 Å². The van der Waals surface area contributed by atoms with Crippen molar-refractivity contribution in [3.63, 3.8) is 0 Å². The Bertz CT molecular complexity index is 372. The lowest BCUT2D eigenvalue weighted by molar-refractivity contribution is 0.0523. The van der Waals surface area contributed by atoms with Gasteiger partial charge >= 0.3 is 6.09 Å². The van der Waals surface area contributed by atoms with Crippen molar-refractivity contribution in [2.45, 2.75) is 32.9 Å². The van der Waals surface area contributed by atoms with Crippen molar-refractivity contribution in [1.29, 1.82) is 0 Å². The van der Waals surface area contributed by atoms with Crippen molar-refractivity contribution in [2.75, 3.05) is 0 Å². The Balaban J connectivity index is 2.43. The molecule has 0 saturated carbocycles. The van der Waals surface area contributed by atoms with Crippen LogP contribution in [0.5, 0.6) is 0 Å². The molecule has 4 heteroatoms. The van der Waals surface area contributed by atoms with Gasteiger partial charge in [-0.25, -0.2) is 9.18 Å². The van der Waals surface area contributed by atoms with Crippen molar-refractivity contribution in [3.8, 4) is 0 Å². The number of hydrogen-bond acceptors (Lipinski definition) is 2. The SMILES string of the molecule is CC(C)(C)OC(=O)NCc1[c]ccc(F)c1. The van der Waals surface area contributed by atoms with Crippen LogP contribution in [0.2, 0.25) is 0 Å². The van der Waals surface area contributed by atoms with Crippen molar-refractivity contribution >= 4 is 6.09 Å². The van der Waals surface area contributed by atoms with Gasteiger partial charge in [0.05, 0.1) is 0 Å². The summed E-state index contributed by atoms with van der Waals surface area (Å²) in [5, 5.41) is 2.52. The van der Waals surface area contributed by atoms with Crippen molar-refractivity contribution in [3.05, 3.63) is 35.6 Å². The van der Waals surface area contributed by atoms with Crippen LogP contribution in [0.4, 0.5) is 9.18 Å². The van der Waals surface area contributed by atoms with E-state index < -0.39 is 11.7 Å². The second-order valence-electron chi connectivity index (χ2n) is 4.39. The van der Waals surface area contributed by atoms with Crippen LogP contribution in [0.15, 0.2) is 18.2 Å². The van der Waals surface area contributed by atoms with E-state index in [1.54, 1.807) is 20.8 Å². The molecule has 1 amide bonds. The van der Waals surface area contributed by atoms with Gasteiger partial charge in [-0.15, -0.1) is 0 Å². The van der Waals surface area contributed by atoms with Gasteiger partial charge in [-0.2, -0.15) is 0 Å². The fourth-order valence-electron chi connectivity index (χ4n) is 1.07. The van der Waals surface area contributed by atoms with E-state index in [1.165, 1.54) is 18.2 Å². The summed E-state index contributed by atoms with van der Waals surface area (Å²) in [6.07, 6.45) is -0.523. The number of hydrogen-bond donors (Lipinski definition) is 1. The van der Waals surface area contributed by atoms with Crippen LogP contribution >= 0.6 is 0 Å². The monoisotopic (exact) mass is 224 g/mol. The minimum absolute atomic E-state index is 0.201. The van der Waals surface area contributed by atoms with Gasteiger partial charge in [0.25, 0.3) is 0 Å². The zero-order valence-corrected chi connectivity index (χ0v) is 9.63. The van der Waals surface area contributed by atoms with Gasteiger partial charge < -0.3 is 10.1 Å². The molecule has 1 aromatic rings. The average Bonchev–Trinajstić information content (AvgIpc) is 2.12. The third-order valence-electron chi connectivity index (χ3n) is 1.65. The molecule has 0 bridgehead atoms. The highest BCUT2D eigenvalue weighted by atomic mass is 19.1. The van der Waals surface area contributed by atoms with Crippen LogP contribution in [-0.2, 0) is 11.3 Å². The molecule has 0 aliphatic heterocycles. The molecule has 0 aromatic heterocycles. The normalized spacial score (nSPS) is 11.0. The highest BCUT2D eigenvalue weighted by Crippen LogP contribution is 2.07. The predicted octanol–water partition coefficient (Wildman–Crippen LogP) is 2.65. The summed E-state index contributed by atoms with van der Waals surface area (Å²) in [6.45, 7) is 5.54. The van der Waals surface area contributed by atoms with Gasteiger partial charge in [0.2, 0.25) is 0 Å². The average molecular weight is 224 g/mol. The first-order valence-corrected chi connectivity index (χ1v) is 5.00. The molecule has 1 rings (SSSR count). The number of alkyl carbamates (subject to hydrolysis) is 1. The molecular formula is C12H15FNO2. The molecule has 0 heterocycles. The van der Waals surface area contributed by atoms with Crippen molar-refractivity contribution in [2.24, 2.45) is 0 Å². The second-order valence-corrected chi connectivity index (χ2v) is 4.39. The highest BCUT2D eigenvalue weighted by molar-refractivity contribution is 5.67. The number of halogens is 1. The van der Waals surface area contributed by atoms with Crippen molar-refractivity contribution < 1.29 is 13.9 Å². The first-order valence-electron chi connectivity index (χ1n) is 5.00. The highest BCUT2D eigenvalue weighted by Gasteiger charge is 2.15. The zero-order chi connectivity index (χ0) is 12.2. The van der Waals surface area contributed by atoms with Crippen LogP contribution in [0.25, 0.3) is 0 Å². The molecule has 0 aliphatic carbocycles. The van der Waals surface area contributed by atoms with E-state index in [1.807, 2.05) is 0 Å². The van der Waals surface area contributed by atoms with Gasteiger partial charge in [0.15, 0.2) is 0 Å². The number of amides is 1. The fourth-order valence-corrected chi connectivity index (χ4v) is 1.07. The number of benzene rings is 1. The van der Waals surface area contributed by atoms with Gasteiger partial charge in [0, 0.05) is 6.54 Å². The third kappa shape index (κ3) is 4.77. The second kappa shape index (κ2) is 4.96. The maximum absolute atomic E-state index is 12.8. The van der Waals surface area contributed by atoms with E-state index in [0.29, 0.717) is 5.56 Å². The molecule has 0 unspecified atom stereocenters. The lowest BCUT2D eigenvalue weighted by Crippen LogP contribution is -2.32. The molecule has 0 fully saturated rings. The summed E-state index contributed by atoms with van der Waals surface area (Å²) in [5.41, 5.74) is 0.0429. The molecule has 16 heavy (non-hydrogen) atoms. The smallest absolute Gasteiger partial charge is 0.407 e. The Kier molecular flexibility index (Phi) is 3.88. The van der Waals surface area contributed by atoms with Crippen molar-refractivity contribution in [1.82, 2.24) is 5.32 Å². The van der Waals surface area contributed by atoms with Crippen LogP contribution in [0, 0.1) is 11.9 Å². The van der Waals surface area contributed by atoms with Gasteiger partial charge in [-0.1, -0.05) is 6.07 Å². The molecule has 0 saturated heterocycles. The quantitative estimate of drug-likeness (QED) is 0.838. The maximum Gasteiger partial charge on any atom is 0.407 e. The number of rotatable bonds is 2. The lowest BCUT2D eigenvalue weighted by atomic mass is 10.2. The van der Waals surface area contributed by atoms with Crippen LogP contribution in [-0.4, -0.2) is 11.7 Å². The molecule has 1 aromatic carbocycles. The Morgan fingerprint density at radius 1 is 1.56 bits per heavy atom. The van der Waals surface area contributed by atoms with Gasteiger partial charge in [-0.3, -0.25) is 0 Å². The van der Waals surface area contributed by atoms with E-state index in [0.717, 1.165) is 0 Å². The molecule has 3 nitrogen and oxygen atoms in total. The van der Waals surface area contributed by atoms with E-state index in [4.69, 9.17) is 4.74 Å². The summed E-state index contributed by atoms with van der Waals surface area (Å²) < 4.78 is 17.8. The Morgan fingerprint density at radius 2 is 2.25 bits per heavy atom. The third-order valence-corrected chi connectivity index (χ3v) is 1.65. The van der Waals surface area contributed by atoms with Gasteiger partial charge in [0.1, 0.15) is 11.4 Å². The van der Waals surface area contributed by atoms with Crippen LogP contribution < -0.4 is 5.32 Å². The van der Waals surface area contributed by atoms with E-state index in [2.05, 4.69) is 11.4 Å². The maximum atomic E-state index is 12.8. The molecule has 1 radical (unpaired) electrons. The van der Waals surface area contributed by atoms with E-state index >= 15 is 0 Å². The summed E-state index contributed by atoms with van der Waals surface area (Å²) in [7, 11) is 0. The fraction of sp³-hybridized carbons (Fsp3) is 0.417. The number of nitrogens with one attached hydrogen (secondary N) is 1. The summed E-state index contributed by atoms with van der Waals surface area (Å²) in [4.78, 5) is 11.3. The number of ether oxygens (including phenoxy) is 1. The summed E-state index contributed by atoms with van der Waals surface area (Å²) in [6, 6.07) is 6.91. The molecule has 87 valence electrons. The first-order chi connectivity index (χ1) is 7.37. The molecule has 1 N–H and O–H groups in total. The molecular weight excluding hydrogens is 209 g/mol. The Hall–Kier alpha value is -1.58. The molecule has 0 spiro atoms. The first kappa shape index (κ1) is 12.5.